The predicted octanol–water partition coefficient (Wildman–Crippen LogP) is 2.61. The molecule has 4 rings (SSSR count). The minimum absolute atomic E-state index is 0.0258. The summed E-state index contributed by atoms with van der Waals surface area (Å²) in [6.07, 6.45) is 1.60. The molecule has 2 aliphatic rings. The van der Waals surface area contributed by atoms with Gasteiger partial charge in [-0.1, -0.05) is 0 Å². The SMILES string of the molecule is Cc1cc(C=C2C(=O)NC(=S)NC2=O)c(C)n1-c1ccc(N2CCOCC2)c(Br)c1. The maximum atomic E-state index is 12.2. The molecule has 2 saturated heterocycles. The Morgan fingerprint density at radius 2 is 1.77 bits per heavy atom. The number of halogens is 1. The van der Waals surface area contributed by atoms with Crippen LogP contribution in [0.15, 0.2) is 34.3 Å². The average molecular weight is 489 g/mol. The fourth-order valence-electron chi connectivity index (χ4n) is 3.79. The lowest BCUT2D eigenvalue weighted by molar-refractivity contribution is -0.123. The molecule has 2 aliphatic heterocycles. The van der Waals surface area contributed by atoms with Gasteiger partial charge in [0, 0.05) is 34.6 Å². The summed E-state index contributed by atoms with van der Waals surface area (Å²) in [6.45, 7) is 7.15. The highest BCUT2D eigenvalue weighted by Gasteiger charge is 2.26. The van der Waals surface area contributed by atoms with Crippen LogP contribution in [-0.2, 0) is 14.3 Å². The zero-order chi connectivity index (χ0) is 21.4. The number of nitrogens with one attached hydrogen (secondary N) is 2. The van der Waals surface area contributed by atoms with E-state index in [-0.39, 0.29) is 10.7 Å². The van der Waals surface area contributed by atoms with E-state index in [2.05, 4.69) is 54.2 Å². The zero-order valence-corrected chi connectivity index (χ0v) is 19.0. The molecule has 0 atom stereocenters. The van der Waals surface area contributed by atoms with Gasteiger partial charge >= 0.3 is 0 Å². The van der Waals surface area contributed by atoms with Crippen LogP contribution in [0, 0.1) is 13.8 Å². The number of aromatic nitrogens is 1. The molecule has 2 N–H and O–H groups in total. The molecule has 1 aromatic carbocycles. The van der Waals surface area contributed by atoms with E-state index < -0.39 is 11.8 Å². The quantitative estimate of drug-likeness (QED) is 0.394. The van der Waals surface area contributed by atoms with E-state index in [0.29, 0.717) is 0 Å². The zero-order valence-electron chi connectivity index (χ0n) is 16.6. The predicted molar refractivity (Wildman–Crippen MR) is 123 cm³/mol. The number of hydrogen-bond donors (Lipinski definition) is 2. The standard InChI is InChI=1S/C21H21BrN4O3S/c1-12-9-14(10-16-19(27)23-21(30)24-20(16)28)13(2)26(12)15-3-4-18(17(22)11-15)25-5-7-29-8-6-25/h3-4,9-11H,5-8H2,1-2H3,(H2,23,24,27,28,30). The number of carbonyl (C=O) groups excluding carboxylic acids is 2. The second-order valence-corrected chi connectivity index (χ2v) is 8.45. The molecule has 0 spiro atoms. The highest BCUT2D eigenvalue weighted by atomic mass is 79.9. The summed E-state index contributed by atoms with van der Waals surface area (Å²) in [5.74, 6) is -0.989. The number of nitrogens with zero attached hydrogens (tertiary/aromatic N) is 2. The molecule has 0 aliphatic carbocycles. The molecule has 7 nitrogen and oxygen atoms in total. The van der Waals surface area contributed by atoms with Crippen molar-refractivity contribution in [2.75, 3.05) is 31.2 Å². The Bertz CT molecular complexity index is 1060. The first kappa shape index (κ1) is 20.8. The third kappa shape index (κ3) is 3.92. The first-order valence-electron chi connectivity index (χ1n) is 9.55. The molecular formula is C21H21BrN4O3S. The summed E-state index contributed by atoms with van der Waals surface area (Å²) in [4.78, 5) is 26.6. The van der Waals surface area contributed by atoms with Crippen molar-refractivity contribution in [2.45, 2.75) is 13.8 Å². The molecular weight excluding hydrogens is 468 g/mol. The van der Waals surface area contributed by atoms with Crippen LogP contribution < -0.4 is 15.5 Å². The van der Waals surface area contributed by atoms with Crippen LogP contribution in [0.2, 0.25) is 0 Å². The second-order valence-electron chi connectivity index (χ2n) is 7.19. The maximum Gasteiger partial charge on any atom is 0.263 e. The monoisotopic (exact) mass is 488 g/mol. The molecule has 2 aromatic rings. The fraction of sp³-hybridized carbons (Fsp3) is 0.286. The van der Waals surface area contributed by atoms with Gasteiger partial charge in [-0.15, -0.1) is 0 Å². The molecule has 0 radical (unpaired) electrons. The van der Waals surface area contributed by atoms with Gasteiger partial charge in [-0.05, 0) is 77.9 Å². The Morgan fingerprint density at radius 3 is 2.40 bits per heavy atom. The second kappa shape index (κ2) is 8.33. The molecule has 1 aromatic heterocycles. The largest absolute Gasteiger partial charge is 0.378 e. The van der Waals surface area contributed by atoms with E-state index in [1.807, 2.05) is 19.9 Å². The van der Waals surface area contributed by atoms with Gasteiger partial charge in [-0.25, -0.2) is 0 Å². The van der Waals surface area contributed by atoms with E-state index in [1.54, 1.807) is 6.08 Å². The van der Waals surface area contributed by atoms with Gasteiger partial charge in [0.2, 0.25) is 0 Å². The Balaban J connectivity index is 1.68. The molecule has 3 heterocycles. The van der Waals surface area contributed by atoms with Crippen molar-refractivity contribution in [2.24, 2.45) is 0 Å². The smallest absolute Gasteiger partial charge is 0.263 e. The summed E-state index contributed by atoms with van der Waals surface area (Å²) in [7, 11) is 0. The van der Waals surface area contributed by atoms with Gasteiger partial charge in [-0.2, -0.15) is 0 Å². The Morgan fingerprint density at radius 1 is 1.10 bits per heavy atom. The van der Waals surface area contributed by atoms with Gasteiger partial charge in [0.25, 0.3) is 11.8 Å². The third-order valence-corrected chi connectivity index (χ3v) is 6.09. The maximum absolute atomic E-state index is 12.2. The number of hydrogen-bond acceptors (Lipinski definition) is 5. The number of carbonyl (C=O) groups is 2. The molecule has 2 fully saturated rings. The van der Waals surface area contributed by atoms with Crippen LogP contribution >= 0.6 is 28.1 Å². The number of aryl methyl sites for hydroxylation is 1. The van der Waals surface area contributed by atoms with Gasteiger partial charge < -0.3 is 14.2 Å². The molecule has 0 bridgehead atoms. The van der Waals surface area contributed by atoms with Crippen LogP contribution in [0.5, 0.6) is 0 Å². The van der Waals surface area contributed by atoms with Crippen molar-refractivity contribution in [3.63, 3.8) is 0 Å². The first-order valence-corrected chi connectivity index (χ1v) is 10.7. The first-order chi connectivity index (χ1) is 14.3. The number of morpholine rings is 1. The van der Waals surface area contributed by atoms with Crippen LogP contribution in [0.3, 0.4) is 0 Å². The number of benzene rings is 1. The lowest BCUT2D eigenvalue weighted by Gasteiger charge is -2.30. The molecule has 30 heavy (non-hydrogen) atoms. The van der Waals surface area contributed by atoms with E-state index in [0.717, 1.165) is 59.1 Å². The highest BCUT2D eigenvalue weighted by Crippen LogP contribution is 2.31. The summed E-state index contributed by atoms with van der Waals surface area (Å²) >= 11 is 8.56. The minimum atomic E-state index is -0.494. The van der Waals surface area contributed by atoms with Crippen molar-refractivity contribution in [3.8, 4) is 5.69 Å². The van der Waals surface area contributed by atoms with Gasteiger partial charge in [0.15, 0.2) is 5.11 Å². The van der Waals surface area contributed by atoms with Crippen molar-refractivity contribution in [1.82, 2.24) is 15.2 Å². The molecule has 2 amide bonds. The number of ether oxygens (including phenoxy) is 1. The van der Waals surface area contributed by atoms with E-state index in [1.165, 1.54) is 0 Å². The van der Waals surface area contributed by atoms with Crippen molar-refractivity contribution < 1.29 is 14.3 Å². The molecule has 9 heteroatoms. The van der Waals surface area contributed by atoms with Crippen LogP contribution in [0.4, 0.5) is 5.69 Å². The van der Waals surface area contributed by atoms with Crippen molar-refractivity contribution in [1.29, 1.82) is 0 Å². The van der Waals surface area contributed by atoms with E-state index in [9.17, 15) is 9.59 Å². The number of anilines is 1. The Kier molecular flexibility index (Phi) is 5.77. The average Bonchev–Trinajstić information content (AvgIpc) is 2.98. The van der Waals surface area contributed by atoms with Gasteiger partial charge in [0.05, 0.1) is 18.9 Å². The Labute approximate surface area is 188 Å². The normalized spacial score (nSPS) is 17.1. The highest BCUT2D eigenvalue weighted by molar-refractivity contribution is 9.10. The van der Waals surface area contributed by atoms with E-state index >= 15 is 0 Å². The minimum Gasteiger partial charge on any atom is -0.378 e. The Hall–Kier alpha value is -2.49. The molecule has 0 saturated carbocycles. The summed E-state index contributed by atoms with van der Waals surface area (Å²) < 4.78 is 8.55. The van der Waals surface area contributed by atoms with Crippen LogP contribution in [0.25, 0.3) is 11.8 Å². The lowest BCUT2D eigenvalue weighted by atomic mass is 10.1. The number of thiocarbonyl (C=S) groups is 1. The molecule has 156 valence electrons. The summed E-state index contributed by atoms with van der Waals surface area (Å²) in [6, 6.07) is 8.22. The summed E-state index contributed by atoms with van der Waals surface area (Å²) in [5.41, 5.74) is 4.90. The van der Waals surface area contributed by atoms with Crippen LogP contribution in [0.1, 0.15) is 17.0 Å². The van der Waals surface area contributed by atoms with Crippen molar-refractivity contribution in [3.05, 3.63) is 51.3 Å². The fourth-order valence-corrected chi connectivity index (χ4v) is 4.59. The van der Waals surface area contributed by atoms with Crippen LogP contribution in [-0.4, -0.2) is 47.8 Å². The lowest BCUT2D eigenvalue weighted by Crippen LogP contribution is -2.51. The molecule has 0 unspecified atom stereocenters. The topological polar surface area (TPSA) is 75.6 Å². The van der Waals surface area contributed by atoms with Gasteiger partial charge in [-0.3, -0.25) is 20.2 Å². The van der Waals surface area contributed by atoms with Crippen molar-refractivity contribution >= 4 is 56.8 Å². The third-order valence-electron chi connectivity index (χ3n) is 5.25. The number of rotatable bonds is 3. The summed E-state index contributed by atoms with van der Waals surface area (Å²) in [5, 5.41) is 4.95. The van der Waals surface area contributed by atoms with E-state index in [4.69, 9.17) is 17.0 Å². The van der Waals surface area contributed by atoms with Gasteiger partial charge in [0.1, 0.15) is 5.57 Å². The number of amides is 2.